The van der Waals surface area contributed by atoms with E-state index in [2.05, 4.69) is 37.3 Å². The number of para-hydroxylation sites is 1. The Morgan fingerprint density at radius 1 is 1.15 bits per heavy atom. The van der Waals surface area contributed by atoms with Crippen LogP contribution in [0.4, 0.5) is 5.82 Å². The van der Waals surface area contributed by atoms with E-state index in [4.69, 9.17) is 10.2 Å². The zero-order valence-corrected chi connectivity index (χ0v) is 21.8. The average molecular weight is 534 g/mol. The summed E-state index contributed by atoms with van der Waals surface area (Å²) in [6.45, 7) is 3.63. The number of amides is 1. The van der Waals surface area contributed by atoms with Gasteiger partial charge in [0.05, 0.1) is 34.7 Å². The summed E-state index contributed by atoms with van der Waals surface area (Å²) < 4.78 is 10.3. The fourth-order valence-corrected chi connectivity index (χ4v) is 4.43. The number of nitrogens with zero attached hydrogens (tertiary/aromatic N) is 7. The lowest BCUT2D eigenvalue weighted by Gasteiger charge is -2.18. The summed E-state index contributed by atoms with van der Waals surface area (Å²) in [7, 11) is 1.83. The van der Waals surface area contributed by atoms with Gasteiger partial charge in [-0.05, 0) is 32.0 Å². The number of nitrogen functional groups attached to an aromatic ring is 1. The number of aryl methyl sites for hydroxylation is 1. The predicted octanol–water partition coefficient (Wildman–Crippen LogP) is 2.54. The Morgan fingerprint density at radius 2 is 1.93 bits per heavy atom. The minimum absolute atomic E-state index is 0.0327. The highest BCUT2D eigenvalue weighted by Crippen LogP contribution is 2.23. The summed E-state index contributed by atoms with van der Waals surface area (Å²) in [6.07, 6.45) is 6.27. The molecule has 198 valence electrons. The molecule has 0 fully saturated rings. The van der Waals surface area contributed by atoms with Crippen molar-refractivity contribution in [1.29, 1.82) is 0 Å². The highest BCUT2D eigenvalue weighted by atomic mass is 16.3. The SMILES string of the molecule is Cc1c(C#Cc2coc3nc(C(C)NC(=O)c4c(N)nn5cccnc45)n(-c4ccccc4)c(=O)c23)cnn1C. The maximum atomic E-state index is 14.0. The first-order valence-electron chi connectivity index (χ1n) is 12.3. The number of benzene rings is 1. The van der Waals surface area contributed by atoms with Gasteiger partial charge in [-0.2, -0.15) is 10.1 Å². The summed E-state index contributed by atoms with van der Waals surface area (Å²) in [5.74, 6) is 5.88. The number of carbonyl (C=O) groups is 1. The van der Waals surface area contributed by atoms with Crippen LogP contribution in [0, 0.1) is 18.8 Å². The van der Waals surface area contributed by atoms with Crippen LogP contribution < -0.4 is 16.6 Å². The highest BCUT2D eigenvalue weighted by Gasteiger charge is 2.25. The second-order valence-electron chi connectivity index (χ2n) is 9.14. The van der Waals surface area contributed by atoms with Crippen molar-refractivity contribution in [3.8, 4) is 17.5 Å². The number of hydrogen-bond donors (Lipinski definition) is 2. The van der Waals surface area contributed by atoms with Gasteiger partial charge in [0.15, 0.2) is 11.5 Å². The molecule has 6 aromatic rings. The zero-order chi connectivity index (χ0) is 28.0. The third kappa shape index (κ3) is 4.06. The van der Waals surface area contributed by atoms with Gasteiger partial charge in [0.1, 0.15) is 23.0 Å². The standard InChI is InChI=1S/C28H23N9O3/c1-16(32-26(38)22-23(29)34-36-13-7-12-30-25(22)36)24-33-27-21(28(39)37(24)20-8-5-4-6-9-20)19(15-40-27)11-10-18-14-31-35(3)17(18)2/h4-9,12-16H,1-3H3,(H2,29,34)(H,32,38). The highest BCUT2D eigenvalue weighted by molar-refractivity contribution is 6.04. The molecule has 0 aliphatic carbocycles. The number of fused-ring (bicyclic) bond motifs is 2. The van der Waals surface area contributed by atoms with E-state index in [1.54, 1.807) is 48.4 Å². The van der Waals surface area contributed by atoms with Gasteiger partial charge in [-0.25, -0.2) is 9.50 Å². The summed E-state index contributed by atoms with van der Waals surface area (Å²) in [6, 6.07) is 9.98. The molecule has 1 unspecified atom stereocenters. The lowest BCUT2D eigenvalue weighted by atomic mass is 10.2. The molecule has 0 saturated heterocycles. The van der Waals surface area contributed by atoms with Crippen LogP contribution in [0.2, 0.25) is 0 Å². The Hall–Kier alpha value is -5.70. The lowest BCUT2D eigenvalue weighted by Crippen LogP contribution is -2.33. The first kappa shape index (κ1) is 24.6. The molecule has 0 spiro atoms. The van der Waals surface area contributed by atoms with Crippen LogP contribution in [0.15, 0.2) is 70.5 Å². The van der Waals surface area contributed by atoms with Crippen molar-refractivity contribution in [2.75, 3.05) is 5.73 Å². The van der Waals surface area contributed by atoms with Gasteiger partial charge in [-0.15, -0.1) is 5.10 Å². The van der Waals surface area contributed by atoms with Crippen LogP contribution in [-0.4, -0.2) is 39.8 Å². The molecule has 0 saturated carbocycles. The second kappa shape index (κ2) is 9.55. The molecule has 12 heteroatoms. The van der Waals surface area contributed by atoms with E-state index in [-0.39, 0.29) is 33.9 Å². The molecule has 12 nitrogen and oxygen atoms in total. The third-order valence-corrected chi connectivity index (χ3v) is 6.60. The fourth-order valence-electron chi connectivity index (χ4n) is 4.43. The minimum Gasteiger partial charge on any atom is -0.445 e. The molecule has 1 atom stereocenters. The van der Waals surface area contributed by atoms with Crippen LogP contribution in [-0.2, 0) is 7.05 Å². The van der Waals surface area contributed by atoms with Crippen molar-refractivity contribution in [1.82, 2.24) is 39.2 Å². The molecular weight excluding hydrogens is 510 g/mol. The topological polar surface area (TPSA) is 151 Å². The average Bonchev–Trinajstić information content (AvgIpc) is 3.62. The number of nitrogens with one attached hydrogen (secondary N) is 1. The van der Waals surface area contributed by atoms with Crippen molar-refractivity contribution in [2.24, 2.45) is 7.05 Å². The summed E-state index contributed by atoms with van der Waals surface area (Å²) in [4.78, 5) is 36.2. The first-order chi connectivity index (χ1) is 19.3. The molecule has 0 radical (unpaired) electrons. The number of hydrogen-bond acceptors (Lipinski definition) is 8. The third-order valence-electron chi connectivity index (χ3n) is 6.60. The van der Waals surface area contributed by atoms with Gasteiger partial charge < -0.3 is 15.5 Å². The van der Waals surface area contributed by atoms with Gasteiger partial charge >= 0.3 is 0 Å². The van der Waals surface area contributed by atoms with Gasteiger partial charge in [-0.3, -0.25) is 18.8 Å². The maximum absolute atomic E-state index is 14.0. The van der Waals surface area contributed by atoms with Crippen molar-refractivity contribution >= 4 is 28.5 Å². The van der Waals surface area contributed by atoms with Crippen molar-refractivity contribution in [2.45, 2.75) is 19.9 Å². The smallest absolute Gasteiger partial charge is 0.270 e. The normalized spacial score (nSPS) is 11.9. The number of furan rings is 1. The van der Waals surface area contributed by atoms with Crippen LogP contribution >= 0.6 is 0 Å². The van der Waals surface area contributed by atoms with Gasteiger partial charge in [-0.1, -0.05) is 30.0 Å². The molecule has 0 aliphatic heterocycles. The molecule has 3 N–H and O–H groups in total. The number of rotatable bonds is 4. The number of carbonyl (C=O) groups excluding carboxylic acids is 1. The second-order valence-corrected chi connectivity index (χ2v) is 9.14. The van der Waals surface area contributed by atoms with E-state index in [1.165, 1.54) is 15.3 Å². The Bertz CT molecular complexity index is 2040. The first-order valence-corrected chi connectivity index (χ1v) is 12.3. The predicted molar refractivity (Wildman–Crippen MR) is 147 cm³/mol. The molecule has 5 aromatic heterocycles. The van der Waals surface area contributed by atoms with Gasteiger partial charge in [0.25, 0.3) is 11.5 Å². The van der Waals surface area contributed by atoms with Crippen LogP contribution in [0.25, 0.3) is 22.4 Å². The van der Waals surface area contributed by atoms with E-state index in [9.17, 15) is 9.59 Å². The summed E-state index contributed by atoms with van der Waals surface area (Å²) in [5.41, 5.74) is 8.80. The molecule has 0 aliphatic rings. The Morgan fingerprint density at radius 3 is 2.67 bits per heavy atom. The molecule has 1 aromatic carbocycles. The lowest BCUT2D eigenvalue weighted by molar-refractivity contribution is 0.0940. The molecule has 0 bridgehead atoms. The fraction of sp³-hybridized carbons (Fsp3) is 0.143. The summed E-state index contributed by atoms with van der Waals surface area (Å²) >= 11 is 0. The van der Waals surface area contributed by atoms with E-state index < -0.39 is 11.9 Å². The number of nitrogens with two attached hydrogens (primary N) is 1. The molecule has 5 heterocycles. The monoisotopic (exact) mass is 533 g/mol. The summed E-state index contributed by atoms with van der Waals surface area (Å²) in [5, 5.41) is 11.5. The van der Waals surface area contributed by atoms with Crippen molar-refractivity contribution in [3.63, 3.8) is 0 Å². The van der Waals surface area contributed by atoms with Crippen molar-refractivity contribution in [3.05, 3.63) is 99.8 Å². The Kier molecular flexibility index (Phi) is 5.88. The maximum Gasteiger partial charge on any atom is 0.270 e. The Balaban J connectivity index is 1.45. The van der Waals surface area contributed by atoms with Crippen molar-refractivity contribution < 1.29 is 9.21 Å². The molecule has 6 rings (SSSR count). The van der Waals surface area contributed by atoms with Crippen LogP contribution in [0.5, 0.6) is 0 Å². The van der Waals surface area contributed by atoms with Gasteiger partial charge in [0, 0.05) is 19.4 Å². The van der Waals surface area contributed by atoms with E-state index in [0.717, 1.165) is 11.3 Å². The van der Waals surface area contributed by atoms with Crippen LogP contribution in [0.1, 0.15) is 46.0 Å². The number of aromatic nitrogens is 7. The van der Waals surface area contributed by atoms with Crippen LogP contribution in [0.3, 0.4) is 0 Å². The molecule has 40 heavy (non-hydrogen) atoms. The van der Waals surface area contributed by atoms with E-state index >= 15 is 0 Å². The number of anilines is 1. The van der Waals surface area contributed by atoms with Gasteiger partial charge in [0.2, 0.25) is 5.71 Å². The zero-order valence-electron chi connectivity index (χ0n) is 21.8. The molecule has 1 amide bonds. The molecular formula is C28H23N9O3. The Labute approximate surface area is 227 Å². The van der Waals surface area contributed by atoms with E-state index in [1.807, 2.05) is 32.2 Å². The minimum atomic E-state index is -0.736. The largest absolute Gasteiger partial charge is 0.445 e. The quantitative estimate of drug-likeness (QED) is 0.328. The van der Waals surface area contributed by atoms with E-state index in [0.29, 0.717) is 16.9 Å².